The van der Waals surface area contributed by atoms with Gasteiger partial charge in [-0.15, -0.1) is 0 Å². The van der Waals surface area contributed by atoms with Gasteiger partial charge in [0.15, 0.2) is 0 Å². The van der Waals surface area contributed by atoms with E-state index in [-0.39, 0.29) is 6.61 Å². The summed E-state index contributed by atoms with van der Waals surface area (Å²) in [6.45, 7) is 4.26. The highest BCUT2D eigenvalue weighted by molar-refractivity contribution is 5.80. The highest BCUT2D eigenvalue weighted by Crippen LogP contribution is 2.18. The molecule has 5 heteroatoms. The molecule has 0 aromatic heterocycles. The molecule has 5 nitrogen and oxygen atoms in total. The van der Waals surface area contributed by atoms with Gasteiger partial charge in [0.2, 0.25) is 5.91 Å². The second kappa shape index (κ2) is 49.0. The van der Waals surface area contributed by atoms with E-state index in [2.05, 4.69) is 19.2 Å². The number of aliphatic hydroxyl groups is 3. The van der Waals surface area contributed by atoms with Gasteiger partial charge in [-0.25, -0.2) is 0 Å². The zero-order valence-corrected chi connectivity index (χ0v) is 39.7. The SMILES string of the molecule is CCCCCCCCCCCCCCCCCCCCCCCCCCCCCCCCCC(O)C(=O)NC(CO)C(O)CCCCCCCCCCCCCCC. The summed E-state index contributed by atoms with van der Waals surface area (Å²) in [5.41, 5.74) is 0. The van der Waals surface area contributed by atoms with Gasteiger partial charge in [0, 0.05) is 0 Å². The molecule has 0 rings (SSSR count). The molecule has 3 atom stereocenters. The lowest BCUT2D eigenvalue weighted by atomic mass is 10.0. The highest BCUT2D eigenvalue weighted by atomic mass is 16.3. The van der Waals surface area contributed by atoms with Crippen molar-refractivity contribution >= 4 is 5.91 Å². The normalized spacial score (nSPS) is 13.3. The molecule has 0 saturated carbocycles. The molecule has 1 amide bonds. The van der Waals surface area contributed by atoms with E-state index in [1.165, 1.54) is 250 Å². The van der Waals surface area contributed by atoms with Crippen LogP contribution in [0.2, 0.25) is 0 Å². The monoisotopic (exact) mass is 822 g/mol. The Balaban J connectivity index is 3.44. The van der Waals surface area contributed by atoms with Crippen LogP contribution in [0.5, 0.6) is 0 Å². The van der Waals surface area contributed by atoms with Crippen LogP contribution in [0, 0.1) is 0 Å². The molecule has 4 N–H and O–H groups in total. The number of hydrogen-bond acceptors (Lipinski definition) is 4. The summed E-state index contributed by atoms with van der Waals surface area (Å²) in [6.07, 6.45) is 58.7. The Labute approximate surface area is 364 Å². The van der Waals surface area contributed by atoms with Crippen molar-refractivity contribution < 1.29 is 20.1 Å². The van der Waals surface area contributed by atoms with Crippen LogP contribution in [-0.2, 0) is 4.79 Å². The van der Waals surface area contributed by atoms with Gasteiger partial charge in [-0.2, -0.15) is 0 Å². The zero-order chi connectivity index (χ0) is 42.3. The number of hydrogen-bond donors (Lipinski definition) is 4. The van der Waals surface area contributed by atoms with Gasteiger partial charge in [-0.3, -0.25) is 4.79 Å². The Kier molecular flexibility index (Phi) is 48.5. The number of rotatable bonds is 50. The molecule has 0 saturated heterocycles. The fourth-order valence-electron chi connectivity index (χ4n) is 8.78. The first-order valence-electron chi connectivity index (χ1n) is 26.8. The van der Waals surface area contributed by atoms with Crippen LogP contribution in [0.3, 0.4) is 0 Å². The van der Waals surface area contributed by atoms with E-state index in [0.29, 0.717) is 12.8 Å². The van der Waals surface area contributed by atoms with Gasteiger partial charge in [0.25, 0.3) is 0 Å². The molecule has 0 aliphatic rings. The maximum absolute atomic E-state index is 12.5. The second-order valence-corrected chi connectivity index (χ2v) is 18.8. The molecule has 0 aliphatic heterocycles. The van der Waals surface area contributed by atoms with Gasteiger partial charge < -0.3 is 20.6 Å². The Hall–Kier alpha value is -0.650. The van der Waals surface area contributed by atoms with Crippen molar-refractivity contribution in [2.24, 2.45) is 0 Å². The Morgan fingerprint density at radius 1 is 0.345 bits per heavy atom. The molecule has 0 heterocycles. The van der Waals surface area contributed by atoms with Gasteiger partial charge in [-0.1, -0.05) is 296 Å². The molecule has 348 valence electrons. The lowest BCUT2D eigenvalue weighted by molar-refractivity contribution is -0.131. The fraction of sp³-hybridized carbons (Fsp3) is 0.981. The quantitative estimate of drug-likeness (QED) is 0.0460. The summed E-state index contributed by atoms with van der Waals surface area (Å²) in [5.74, 6) is -0.464. The maximum Gasteiger partial charge on any atom is 0.249 e. The van der Waals surface area contributed by atoms with Gasteiger partial charge >= 0.3 is 0 Å². The summed E-state index contributed by atoms with van der Waals surface area (Å²) >= 11 is 0. The van der Waals surface area contributed by atoms with E-state index in [0.717, 1.165) is 32.1 Å². The minimum absolute atomic E-state index is 0.308. The van der Waals surface area contributed by atoms with Crippen LogP contribution in [0.4, 0.5) is 0 Å². The first kappa shape index (κ1) is 57.3. The first-order chi connectivity index (χ1) is 28.6. The van der Waals surface area contributed by atoms with Gasteiger partial charge in [0.05, 0.1) is 18.8 Å². The maximum atomic E-state index is 12.5. The third kappa shape index (κ3) is 43.4. The largest absolute Gasteiger partial charge is 0.394 e. The van der Waals surface area contributed by atoms with Crippen LogP contribution < -0.4 is 5.32 Å². The Morgan fingerprint density at radius 3 is 0.776 bits per heavy atom. The fourth-order valence-corrected chi connectivity index (χ4v) is 8.78. The molecular formula is C53H107NO4. The summed E-state index contributed by atoms with van der Waals surface area (Å²) < 4.78 is 0. The first-order valence-corrected chi connectivity index (χ1v) is 26.8. The van der Waals surface area contributed by atoms with E-state index >= 15 is 0 Å². The molecule has 58 heavy (non-hydrogen) atoms. The van der Waals surface area contributed by atoms with Crippen LogP contribution in [0.25, 0.3) is 0 Å². The summed E-state index contributed by atoms with van der Waals surface area (Å²) in [6, 6.07) is -0.706. The minimum Gasteiger partial charge on any atom is -0.394 e. The third-order valence-corrected chi connectivity index (χ3v) is 13.0. The van der Waals surface area contributed by atoms with E-state index < -0.39 is 24.2 Å². The molecule has 0 aromatic carbocycles. The summed E-state index contributed by atoms with van der Waals surface area (Å²) in [5, 5.41) is 33.4. The van der Waals surface area contributed by atoms with Crippen molar-refractivity contribution in [3.8, 4) is 0 Å². The number of carbonyl (C=O) groups excluding carboxylic acids is 1. The average Bonchev–Trinajstić information content (AvgIpc) is 3.23. The minimum atomic E-state index is -1.07. The van der Waals surface area contributed by atoms with Crippen molar-refractivity contribution in [3.05, 3.63) is 0 Å². The molecule has 0 radical (unpaired) electrons. The average molecular weight is 822 g/mol. The number of nitrogens with one attached hydrogen (secondary N) is 1. The number of carbonyl (C=O) groups is 1. The van der Waals surface area contributed by atoms with Crippen molar-refractivity contribution in [3.63, 3.8) is 0 Å². The van der Waals surface area contributed by atoms with Crippen molar-refractivity contribution in [2.75, 3.05) is 6.61 Å². The zero-order valence-electron chi connectivity index (χ0n) is 39.7. The highest BCUT2D eigenvalue weighted by Gasteiger charge is 2.23. The lowest BCUT2D eigenvalue weighted by Gasteiger charge is -2.23. The predicted molar refractivity (Wildman–Crippen MR) is 255 cm³/mol. The van der Waals surface area contributed by atoms with Crippen molar-refractivity contribution in [1.29, 1.82) is 0 Å². The van der Waals surface area contributed by atoms with Crippen LogP contribution in [0.1, 0.15) is 309 Å². The van der Waals surface area contributed by atoms with E-state index in [9.17, 15) is 20.1 Å². The van der Waals surface area contributed by atoms with Gasteiger partial charge in [-0.05, 0) is 12.8 Å². The standard InChI is InChI=1S/C53H107NO4/c1-3-5-7-9-11-13-15-17-18-19-20-21-22-23-24-25-26-27-28-29-30-31-32-33-34-36-38-40-42-44-46-48-52(57)53(58)54-50(49-55)51(56)47-45-43-41-39-37-35-16-14-12-10-8-6-4-2/h50-52,55-57H,3-49H2,1-2H3,(H,54,58). The van der Waals surface area contributed by atoms with Gasteiger partial charge in [0.1, 0.15) is 6.10 Å². The van der Waals surface area contributed by atoms with E-state index in [1.54, 1.807) is 0 Å². The molecule has 3 unspecified atom stereocenters. The second-order valence-electron chi connectivity index (χ2n) is 18.8. The topological polar surface area (TPSA) is 89.8 Å². The molecule has 0 spiro atoms. The molecule has 0 bridgehead atoms. The lowest BCUT2D eigenvalue weighted by Crippen LogP contribution is -2.49. The molecular weight excluding hydrogens is 715 g/mol. The molecule has 0 fully saturated rings. The van der Waals surface area contributed by atoms with Crippen LogP contribution >= 0.6 is 0 Å². The molecule has 0 aliphatic carbocycles. The Morgan fingerprint density at radius 2 is 0.552 bits per heavy atom. The number of aliphatic hydroxyl groups excluding tert-OH is 3. The van der Waals surface area contributed by atoms with E-state index in [1.807, 2.05) is 0 Å². The summed E-state index contributed by atoms with van der Waals surface area (Å²) in [4.78, 5) is 12.5. The third-order valence-electron chi connectivity index (χ3n) is 13.0. The molecule has 0 aromatic rings. The van der Waals surface area contributed by atoms with Crippen molar-refractivity contribution in [2.45, 2.75) is 327 Å². The van der Waals surface area contributed by atoms with Crippen LogP contribution in [-0.4, -0.2) is 46.1 Å². The van der Waals surface area contributed by atoms with Crippen LogP contribution in [0.15, 0.2) is 0 Å². The summed E-state index contributed by atoms with van der Waals surface area (Å²) in [7, 11) is 0. The number of unbranched alkanes of at least 4 members (excludes halogenated alkanes) is 42. The van der Waals surface area contributed by atoms with E-state index in [4.69, 9.17) is 0 Å². The smallest absolute Gasteiger partial charge is 0.249 e. The van der Waals surface area contributed by atoms with Crippen molar-refractivity contribution in [1.82, 2.24) is 5.32 Å². The predicted octanol–water partition coefficient (Wildman–Crippen LogP) is 16.2. The Bertz CT molecular complexity index is 777. The number of amides is 1.